The van der Waals surface area contributed by atoms with Gasteiger partial charge in [0.15, 0.2) is 0 Å². The summed E-state index contributed by atoms with van der Waals surface area (Å²) in [5, 5.41) is 0. The van der Waals surface area contributed by atoms with E-state index < -0.39 is 0 Å². The fourth-order valence-corrected chi connectivity index (χ4v) is 3.50. The minimum atomic E-state index is 0.0157. The summed E-state index contributed by atoms with van der Waals surface area (Å²) >= 11 is 0. The molecule has 5 nitrogen and oxygen atoms in total. The minimum Gasteiger partial charge on any atom is -0.497 e. The van der Waals surface area contributed by atoms with Crippen LogP contribution in [0.4, 0.5) is 0 Å². The van der Waals surface area contributed by atoms with Crippen molar-refractivity contribution >= 4 is 5.91 Å². The van der Waals surface area contributed by atoms with Crippen LogP contribution in [0.2, 0.25) is 0 Å². The molecule has 1 heterocycles. The van der Waals surface area contributed by atoms with Crippen molar-refractivity contribution in [2.75, 3.05) is 27.9 Å². The number of hydrogen-bond donors (Lipinski definition) is 0. The SMILES string of the molecule is COCc1ccc(C(=O)N2CCCC2c2ccc(OC)cc2OC)cc1. The van der Waals surface area contributed by atoms with Crippen molar-refractivity contribution in [1.82, 2.24) is 4.90 Å². The lowest BCUT2D eigenvalue weighted by Gasteiger charge is -2.26. The van der Waals surface area contributed by atoms with E-state index in [2.05, 4.69) is 0 Å². The monoisotopic (exact) mass is 355 g/mol. The maximum absolute atomic E-state index is 13.1. The average Bonchev–Trinajstić information content (AvgIpc) is 3.17. The van der Waals surface area contributed by atoms with Crippen molar-refractivity contribution in [2.24, 2.45) is 0 Å². The maximum Gasteiger partial charge on any atom is 0.254 e. The van der Waals surface area contributed by atoms with Gasteiger partial charge in [-0.1, -0.05) is 12.1 Å². The van der Waals surface area contributed by atoms with Crippen LogP contribution < -0.4 is 9.47 Å². The van der Waals surface area contributed by atoms with Crippen LogP contribution in [0.1, 0.15) is 40.4 Å². The molecule has 1 saturated heterocycles. The number of ether oxygens (including phenoxy) is 3. The van der Waals surface area contributed by atoms with Gasteiger partial charge < -0.3 is 19.1 Å². The first kappa shape index (κ1) is 18.3. The van der Waals surface area contributed by atoms with E-state index >= 15 is 0 Å². The summed E-state index contributed by atoms with van der Waals surface area (Å²) in [4.78, 5) is 15.0. The summed E-state index contributed by atoms with van der Waals surface area (Å²) in [6, 6.07) is 13.4. The van der Waals surface area contributed by atoms with Crippen LogP contribution in [0, 0.1) is 0 Å². The number of likely N-dealkylation sites (tertiary alicyclic amines) is 1. The van der Waals surface area contributed by atoms with Crippen molar-refractivity contribution < 1.29 is 19.0 Å². The molecule has 2 aromatic rings. The van der Waals surface area contributed by atoms with Gasteiger partial charge in [0.1, 0.15) is 11.5 Å². The van der Waals surface area contributed by atoms with E-state index in [0.717, 1.165) is 42.0 Å². The molecule has 1 aliphatic heterocycles. The average molecular weight is 355 g/mol. The van der Waals surface area contributed by atoms with E-state index in [4.69, 9.17) is 14.2 Å². The predicted molar refractivity (Wildman–Crippen MR) is 99.7 cm³/mol. The van der Waals surface area contributed by atoms with Crippen molar-refractivity contribution in [3.8, 4) is 11.5 Å². The van der Waals surface area contributed by atoms with E-state index in [0.29, 0.717) is 12.2 Å². The first-order valence-corrected chi connectivity index (χ1v) is 8.78. The van der Waals surface area contributed by atoms with E-state index in [-0.39, 0.29) is 11.9 Å². The summed E-state index contributed by atoms with van der Waals surface area (Å²) in [6.45, 7) is 1.29. The summed E-state index contributed by atoms with van der Waals surface area (Å²) in [5.74, 6) is 1.55. The standard InChI is InChI=1S/C21H25NO4/c1-24-14-15-6-8-16(9-7-15)21(23)22-12-4-5-19(22)18-11-10-17(25-2)13-20(18)26-3/h6-11,13,19H,4-5,12,14H2,1-3H3. The molecule has 1 atom stereocenters. The number of hydrogen-bond acceptors (Lipinski definition) is 4. The van der Waals surface area contributed by atoms with Crippen LogP contribution in [0.25, 0.3) is 0 Å². The molecule has 0 bridgehead atoms. The van der Waals surface area contributed by atoms with Crippen LogP contribution in [0.5, 0.6) is 11.5 Å². The Morgan fingerprint density at radius 1 is 1.08 bits per heavy atom. The number of carbonyl (C=O) groups excluding carboxylic acids is 1. The first-order chi connectivity index (χ1) is 12.7. The third-order valence-corrected chi connectivity index (χ3v) is 4.83. The molecule has 1 amide bonds. The van der Waals surface area contributed by atoms with Crippen LogP contribution in [-0.4, -0.2) is 38.7 Å². The van der Waals surface area contributed by atoms with Gasteiger partial charge in [0, 0.05) is 30.8 Å². The fraction of sp³-hybridized carbons (Fsp3) is 0.381. The zero-order chi connectivity index (χ0) is 18.5. The molecule has 0 saturated carbocycles. The quantitative estimate of drug-likeness (QED) is 0.790. The topological polar surface area (TPSA) is 48.0 Å². The highest BCUT2D eigenvalue weighted by Crippen LogP contribution is 2.39. The van der Waals surface area contributed by atoms with E-state index in [1.54, 1.807) is 21.3 Å². The highest BCUT2D eigenvalue weighted by molar-refractivity contribution is 5.94. The number of benzene rings is 2. The Kier molecular flexibility index (Phi) is 5.78. The van der Waals surface area contributed by atoms with Crippen LogP contribution in [-0.2, 0) is 11.3 Å². The van der Waals surface area contributed by atoms with Crippen LogP contribution >= 0.6 is 0 Å². The van der Waals surface area contributed by atoms with E-state index in [9.17, 15) is 4.79 Å². The zero-order valence-corrected chi connectivity index (χ0v) is 15.5. The highest BCUT2D eigenvalue weighted by Gasteiger charge is 2.32. The van der Waals surface area contributed by atoms with Gasteiger partial charge in [-0.25, -0.2) is 0 Å². The lowest BCUT2D eigenvalue weighted by molar-refractivity contribution is 0.0734. The Hall–Kier alpha value is -2.53. The van der Waals surface area contributed by atoms with Crippen molar-refractivity contribution in [1.29, 1.82) is 0 Å². The lowest BCUT2D eigenvalue weighted by Crippen LogP contribution is -2.30. The van der Waals surface area contributed by atoms with Crippen molar-refractivity contribution in [3.63, 3.8) is 0 Å². The first-order valence-electron chi connectivity index (χ1n) is 8.78. The molecule has 26 heavy (non-hydrogen) atoms. The zero-order valence-electron chi connectivity index (χ0n) is 15.5. The lowest BCUT2D eigenvalue weighted by atomic mass is 10.0. The fourth-order valence-electron chi connectivity index (χ4n) is 3.50. The molecule has 1 unspecified atom stereocenters. The van der Waals surface area contributed by atoms with Crippen LogP contribution in [0.3, 0.4) is 0 Å². The third kappa shape index (κ3) is 3.68. The second kappa shape index (κ2) is 8.23. The highest BCUT2D eigenvalue weighted by atomic mass is 16.5. The molecule has 2 aromatic carbocycles. The number of methoxy groups -OCH3 is 3. The molecule has 5 heteroatoms. The summed E-state index contributed by atoms with van der Waals surface area (Å²) in [7, 11) is 4.94. The summed E-state index contributed by atoms with van der Waals surface area (Å²) in [5.41, 5.74) is 2.78. The Bertz CT molecular complexity index is 757. The van der Waals surface area contributed by atoms with Gasteiger partial charge in [0.05, 0.1) is 26.9 Å². The van der Waals surface area contributed by atoms with Crippen molar-refractivity contribution in [2.45, 2.75) is 25.5 Å². The minimum absolute atomic E-state index is 0.0157. The molecule has 138 valence electrons. The predicted octanol–water partition coefficient (Wildman–Crippen LogP) is 3.83. The molecule has 0 aliphatic carbocycles. The molecule has 0 N–H and O–H groups in total. The number of nitrogens with zero attached hydrogens (tertiary/aromatic N) is 1. The van der Waals surface area contributed by atoms with Gasteiger partial charge in [-0.2, -0.15) is 0 Å². The van der Waals surface area contributed by atoms with Crippen molar-refractivity contribution in [3.05, 3.63) is 59.2 Å². The molecule has 1 fully saturated rings. The van der Waals surface area contributed by atoms with Crippen LogP contribution in [0.15, 0.2) is 42.5 Å². The smallest absolute Gasteiger partial charge is 0.254 e. The maximum atomic E-state index is 13.1. The molecule has 0 radical (unpaired) electrons. The molecule has 0 aromatic heterocycles. The largest absolute Gasteiger partial charge is 0.497 e. The van der Waals surface area contributed by atoms with Gasteiger partial charge in [-0.05, 0) is 42.7 Å². The third-order valence-electron chi connectivity index (χ3n) is 4.83. The Balaban J connectivity index is 1.84. The molecule has 1 aliphatic rings. The number of carbonyl (C=O) groups is 1. The Morgan fingerprint density at radius 2 is 1.85 bits per heavy atom. The number of amides is 1. The van der Waals surface area contributed by atoms with Gasteiger partial charge in [-0.3, -0.25) is 4.79 Å². The van der Waals surface area contributed by atoms with Gasteiger partial charge in [0.2, 0.25) is 0 Å². The van der Waals surface area contributed by atoms with Gasteiger partial charge >= 0.3 is 0 Å². The van der Waals surface area contributed by atoms with E-state index in [1.165, 1.54) is 0 Å². The summed E-state index contributed by atoms with van der Waals surface area (Å²) < 4.78 is 16.0. The normalized spacial score (nSPS) is 16.6. The molecule has 3 rings (SSSR count). The van der Waals surface area contributed by atoms with Gasteiger partial charge in [-0.15, -0.1) is 0 Å². The molecule has 0 spiro atoms. The Morgan fingerprint density at radius 3 is 2.50 bits per heavy atom. The Labute approximate surface area is 154 Å². The second-order valence-corrected chi connectivity index (χ2v) is 6.39. The van der Waals surface area contributed by atoms with E-state index in [1.807, 2.05) is 47.4 Å². The summed E-state index contributed by atoms with van der Waals surface area (Å²) in [6.07, 6.45) is 1.91. The molecular weight excluding hydrogens is 330 g/mol. The molecular formula is C21H25NO4. The second-order valence-electron chi connectivity index (χ2n) is 6.39. The van der Waals surface area contributed by atoms with Gasteiger partial charge in [0.25, 0.3) is 5.91 Å². The number of rotatable bonds is 6.